The van der Waals surface area contributed by atoms with Crippen molar-refractivity contribution in [1.82, 2.24) is 20.0 Å². The number of rotatable bonds is 12. The molecule has 2 aliphatic rings. The van der Waals surface area contributed by atoms with Crippen LogP contribution in [-0.2, 0) is 22.0 Å². The van der Waals surface area contributed by atoms with E-state index in [4.69, 9.17) is 9.47 Å². The van der Waals surface area contributed by atoms with E-state index in [0.717, 1.165) is 50.2 Å². The molecule has 2 saturated heterocycles. The van der Waals surface area contributed by atoms with Gasteiger partial charge in [0.25, 0.3) is 5.91 Å². The van der Waals surface area contributed by atoms with Crippen LogP contribution in [-0.4, -0.2) is 73.7 Å². The Hall–Kier alpha value is -4.69. The minimum absolute atomic E-state index is 0.0496. The van der Waals surface area contributed by atoms with Gasteiger partial charge in [0.15, 0.2) is 5.69 Å². The highest BCUT2D eigenvalue weighted by Crippen LogP contribution is 2.33. The second-order valence-corrected chi connectivity index (χ2v) is 14.2. The fourth-order valence-corrected chi connectivity index (χ4v) is 7.41. The van der Waals surface area contributed by atoms with E-state index in [2.05, 4.69) is 19.8 Å². The zero-order valence-electron chi connectivity index (χ0n) is 27.3. The fourth-order valence-electron chi connectivity index (χ4n) is 6.21. The molecule has 0 atom stereocenters. The number of halogens is 3. The number of amides is 1. The van der Waals surface area contributed by atoms with Gasteiger partial charge in [-0.2, -0.15) is 13.2 Å². The molecule has 0 aliphatic carbocycles. The predicted molar refractivity (Wildman–Crippen MR) is 182 cm³/mol. The Labute approximate surface area is 289 Å². The minimum atomic E-state index is -4.58. The Morgan fingerprint density at radius 3 is 2.26 bits per heavy atom. The quantitative estimate of drug-likeness (QED) is 0.173. The van der Waals surface area contributed by atoms with Crippen LogP contribution in [0.2, 0.25) is 0 Å². The van der Waals surface area contributed by atoms with E-state index >= 15 is 0 Å². The van der Waals surface area contributed by atoms with Crippen molar-refractivity contribution in [3.8, 4) is 17.4 Å². The Bertz CT molecular complexity index is 1850. The maximum absolute atomic E-state index is 13.7. The number of sulfonamides is 1. The first-order chi connectivity index (χ1) is 24.0. The first kappa shape index (κ1) is 35.1. The van der Waals surface area contributed by atoms with E-state index < -0.39 is 21.9 Å². The third kappa shape index (κ3) is 9.30. The standard InChI is InChI=1S/C36H38F3N5O5S/c37-36(38,39)33-14-15-34(41-40-33)49-30-11-8-27(9-12-30)28-16-20-44(21-17-28)35(45)29-10-13-32(48-23-22-43-18-4-5-19-43)31(24-29)42-50(46,47)25-26-6-2-1-3-7-26/h1-3,6-15,24,28,42H,4-5,16-23,25H2. The molecule has 10 nitrogen and oxygen atoms in total. The number of hydrogen-bond donors (Lipinski definition) is 1. The summed E-state index contributed by atoms with van der Waals surface area (Å²) in [6.07, 6.45) is -0.838. The highest BCUT2D eigenvalue weighted by atomic mass is 32.2. The highest BCUT2D eigenvalue weighted by molar-refractivity contribution is 7.91. The van der Waals surface area contributed by atoms with Crippen molar-refractivity contribution in [1.29, 1.82) is 0 Å². The maximum Gasteiger partial charge on any atom is 0.435 e. The monoisotopic (exact) mass is 709 g/mol. The number of nitrogens with zero attached hydrogens (tertiary/aromatic N) is 4. The van der Waals surface area contributed by atoms with Crippen LogP contribution in [0.15, 0.2) is 84.9 Å². The molecule has 1 N–H and O–H groups in total. The number of benzene rings is 3. The fraction of sp³-hybridized carbons (Fsp3) is 0.361. The molecule has 0 unspecified atom stereocenters. The van der Waals surface area contributed by atoms with E-state index in [0.29, 0.717) is 55.2 Å². The maximum atomic E-state index is 13.7. The summed E-state index contributed by atoms with van der Waals surface area (Å²) < 4.78 is 78.9. The number of piperidine rings is 1. The third-order valence-corrected chi connectivity index (χ3v) is 10.1. The molecule has 50 heavy (non-hydrogen) atoms. The lowest BCUT2D eigenvalue weighted by Gasteiger charge is -2.32. The molecule has 264 valence electrons. The predicted octanol–water partition coefficient (Wildman–Crippen LogP) is 6.72. The Kier molecular flexibility index (Phi) is 10.9. The molecule has 0 bridgehead atoms. The number of nitrogens with one attached hydrogen (secondary N) is 1. The molecule has 2 fully saturated rings. The van der Waals surface area contributed by atoms with Crippen LogP contribution >= 0.6 is 0 Å². The first-order valence-corrected chi connectivity index (χ1v) is 18.2. The molecule has 14 heteroatoms. The molecule has 3 aromatic carbocycles. The number of alkyl halides is 3. The van der Waals surface area contributed by atoms with Gasteiger partial charge < -0.3 is 14.4 Å². The minimum Gasteiger partial charge on any atom is -0.490 e. The molecule has 1 aromatic heterocycles. The molecular formula is C36H38F3N5O5S. The lowest BCUT2D eigenvalue weighted by molar-refractivity contribution is -0.141. The Balaban J connectivity index is 1.08. The van der Waals surface area contributed by atoms with Crippen LogP contribution in [0.3, 0.4) is 0 Å². The van der Waals surface area contributed by atoms with Gasteiger partial charge in [-0.3, -0.25) is 14.4 Å². The van der Waals surface area contributed by atoms with E-state index in [1.807, 2.05) is 18.2 Å². The number of ether oxygens (including phenoxy) is 2. The van der Waals surface area contributed by atoms with Gasteiger partial charge in [-0.1, -0.05) is 42.5 Å². The van der Waals surface area contributed by atoms with Gasteiger partial charge in [-0.05, 0) is 92.2 Å². The molecule has 6 rings (SSSR count). The number of likely N-dealkylation sites (tertiary alicyclic amines) is 2. The van der Waals surface area contributed by atoms with E-state index in [-0.39, 0.29) is 29.1 Å². The summed E-state index contributed by atoms with van der Waals surface area (Å²) in [4.78, 5) is 17.7. The van der Waals surface area contributed by atoms with Crippen molar-refractivity contribution in [2.24, 2.45) is 0 Å². The Morgan fingerprint density at radius 2 is 1.60 bits per heavy atom. The SMILES string of the molecule is O=C(c1ccc(OCCN2CCCC2)c(NS(=O)(=O)Cc2ccccc2)c1)N1CCC(c2ccc(Oc3ccc(C(F)(F)F)nn3)cc2)CC1. The summed E-state index contributed by atoms with van der Waals surface area (Å²) in [5, 5.41) is 6.68. The summed E-state index contributed by atoms with van der Waals surface area (Å²) in [7, 11) is -3.81. The molecule has 4 aromatic rings. The van der Waals surface area contributed by atoms with Crippen LogP contribution in [0.5, 0.6) is 17.4 Å². The lowest BCUT2D eigenvalue weighted by atomic mass is 9.89. The summed E-state index contributed by atoms with van der Waals surface area (Å²) in [6.45, 7) is 4.18. The van der Waals surface area contributed by atoms with Crippen molar-refractivity contribution in [2.45, 2.75) is 43.5 Å². The van der Waals surface area contributed by atoms with Crippen LogP contribution < -0.4 is 14.2 Å². The van der Waals surface area contributed by atoms with Gasteiger partial charge in [0, 0.05) is 31.3 Å². The molecule has 0 radical (unpaired) electrons. The average molecular weight is 710 g/mol. The van der Waals surface area contributed by atoms with Gasteiger partial charge in [-0.25, -0.2) is 8.42 Å². The van der Waals surface area contributed by atoms with E-state index in [1.165, 1.54) is 0 Å². The summed E-state index contributed by atoms with van der Waals surface area (Å²) in [5.74, 6) is 0.500. The lowest BCUT2D eigenvalue weighted by Crippen LogP contribution is -2.38. The van der Waals surface area contributed by atoms with Gasteiger partial charge in [-0.15, -0.1) is 10.2 Å². The summed E-state index contributed by atoms with van der Waals surface area (Å²) in [5.41, 5.74) is 1.19. The normalized spacial score (nSPS) is 15.9. The zero-order chi connectivity index (χ0) is 35.1. The van der Waals surface area contributed by atoms with Crippen LogP contribution in [0.1, 0.15) is 58.8 Å². The number of anilines is 1. The second kappa shape index (κ2) is 15.5. The molecule has 0 spiro atoms. The Morgan fingerprint density at radius 1 is 0.880 bits per heavy atom. The van der Waals surface area contributed by atoms with Gasteiger partial charge in [0.1, 0.15) is 18.1 Å². The first-order valence-electron chi connectivity index (χ1n) is 16.5. The molecule has 0 saturated carbocycles. The third-order valence-electron chi connectivity index (χ3n) is 8.84. The van der Waals surface area contributed by atoms with Crippen LogP contribution in [0.25, 0.3) is 0 Å². The zero-order valence-corrected chi connectivity index (χ0v) is 28.1. The van der Waals surface area contributed by atoms with Gasteiger partial charge >= 0.3 is 6.18 Å². The summed E-state index contributed by atoms with van der Waals surface area (Å²) >= 11 is 0. The van der Waals surface area contributed by atoms with Crippen molar-refractivity contribution < 1.29 is 35.9 Å². The largest absolute Gasteiger partial charge is 0.490 e. The smallest absolute Gasteiger partial charge is 0.435 e. The molecule has 3 heterocycles. The van der Waals surface area contributed by atoms with Gasteiger partial charge in [0.2, 0.25) is 15.9 Å². The topological polar surface area (TPSA) is 114 Å². The van der Waals surface area contributed by atoms with Crippen molar-refractivity contribution >= 4 is 21.6 Å². The van der Waals surface area contributed by atoms with Crippen molar-refractivity contribution in [3.63, 3.8) is 0 Å². The van der Waals surface area contributed by atoms with Crippen molar-refractivity contribution in [2.75, 3.05) is 44.1 Å². The molecule has 2 aliphatic heterocycles. The van der Waals surface area contributed by atoms with E-state index in [1.54, 1.807) is 59.5 Å². The van der Waals surface area contributed by atoms with E-state index in [9.17, 15) is 26.4 Å². The number of aromatic nitrogens is 2. The average Bonchev–Trinajstić information content (AvgIpc) is 3.63. The van der Waals surface area contributed by atoms with Crippen LogP contribution in [0, 0.1) is 0 Å². The molecule has 1 amide bonds. The number of carbonyl (C=O) groups is 1. The van der Waals surface area contributed by atoms with Crippen LogP contribution in [0.4, 0.5) is 18.9 Å². The molecular weight excluding hydrogens is 671 g/mol. The second-order valence-electron chi connectivity index (χ2n) is 12.4. The summed E-state index contributed by atoms with van der Waals surface area (Å²) in [6, 6.07) is 22.9. The number of hydrogen-bond acceptors (Lipinski definition) is 8. The van der Waals surface area contributed by atoms with Gasteiger partial charge in [0.05, 0.1) is 11.4 Å². The van der Waals surface area contributed by atoms with Crippen molar-refractivity contribution in [3.05, 3.63) is 107 Å². The highest BCUT2D eigenvalue weighted by Gasteiger charge is 2.33. The number of carbonyl (C=O) groups excluding carboxylic acids is 1.